The summed E-state index contributed by atoms with van der Waals surface area (Å²) in [5.74, 6) is 0. The smallest absolute Gasteiger partial charge is 0.177 e. The Bertz CT molecular complexity index is 1110. The Balaban J connectivity index is 1.19. The maximum atomic E-state index is 5.84. The van der Waals surface area contributed by atoms with Gasteiger partial charge >= 0.3 is 0 Å². The standard InChI is InChI=1S/C27H36N6O2/c1-20-15-22(32-13-11-31(12-14-32)21(2)24-7-5-6-10-28-24)8-9-23(20)25-16-33(30-29-25)17-26-34-18-27(3,4)19-35-26/h5-10,15-16,21,26H,11-14,17-19H2,1-4H3/t21-/m1/s1. The van der Waals surface area contributed by atoms with Crippen LogP contribution in [-0.4, -0.2) is 70.6 Å². The zero-order valence-corrected chi connectivity index (χ0v) is 21.2. The van der Waals surface area contributed by atoms with E-state index in [1.807, 2.05) is 23.1 Å². The van der Waals surface area contributed by atoms with Gasteiger partial charge in [-0.25, -0.2) is 4.68 Å². The molecule has 35 heavy (non-hydrogen) atoms. The van der Waals surface area contributed by atoms with Gasteiger partial charge in [0, 0.05) is 55.1 Å². The molecule has 2 aromatic heterocycles. The van der Waals surface area contributed by atoms with Crippen LogP contribution in [-0.2, 0) is 16.0 Å². The molecule has 0 amide bonds. The third-order valence-corrected chi connectivity index (χ3v) is 7.02. The van der Waals surface area contributed by atoms with E-state index in [1.165, 1.54) is 11.3 Å². The molecule has 2 aliphatic heterocycles. The van der Waals surface area contributed by atoms with Crippen molar-refractivity contribution in [2.75, 3.05) is 44.3 Å². The van der Waals surface area contributed by atoms with Crippen molar-refractivity contribution in [3.63, 3.8) is 0 Å². The van der Waals surface area contributed by atoms with Gasteiger partial charge in [-0.05, 0) is 43.7 Å². The minimum Gasteiger partial charge on any atom is -0.369 e. The summed E-state index contributed by atoms with van der Waals surface area (Å²) in [5, 5.41) is 8.73. The number of pyridine rings is 1. The number of benzene rings is 1. The quantitative estimate of drug-likeness (QED) is 0.534. The molecule has 5 rings (SSSR count). The van der Waals surface area contributed by atoms with Crippen molar-refractivity contribution in [1.29, 1.82) is 0 Å². The van der Waals surface area contributed by atoms with Crippen molar-refractivity contribution in [1.82, 2.24) is 24.9 Å². The summed E-state index contributed by atoms with van der Waals surface area (Å²) in [6.07, 6.45) is 3.58. The summed E-state index contributed by atoms with van der Waals surface area (Å²) < 4.78 is 13.5. The molecule has 0 aliphatic carbocycles. The lowest BCUT2D eigenvalue weighted by Crippen LogP contribution is -2.47. The van der Waals surface area contributed by atoms with Crippen LogP contribution in [0.3, 0.4) is 0 Å². The average molecular weight is 477 g/mol. The third-order valence-electron chi connectivity index (χ3n) is 7.02. The highest BCUT2D eigenvalue weighted by Crippen LogP contribution is 2.29. The maximum absolute atomic E-state index is 5.84. The molecule has 1 atom stereocenters. The van der Waals surface area contributed by atoms with Crippen LogP contribution in [0, 0.1) is 12.3 Å². The van der Waals surface area contributed by atoms with E-state index < -0.39 is 0 Å². The lowest BCUT2D eigenvalue weighted by molar-refractivity contribution is -0.227. The first-order valence-corrected chi connectivity index (χ1v) is 12.5. The number of anilines is 1. The minimum atomic E-state index is -0.278. The van der Waals surface area contributed by atoms with E-state index in [0.29, 0.717) is 25.8 Å². The van der Waals surface area contributed by atoms with Gasteiger partial charge in [0.2, 0.25) is 0 Å². The highest BCUT2D eigenvalue weighted by atomic mass is 16.7. The van der Waals surface area contributed by atoms with Crippen LogP contribution in [0.5, 0.6) is 0 Å². The Morgan fingerprint density at radius 3 is 2.51 bits per heavy atom. The molecule has 0 N–H and O–H groups in total. The van der Waals surface area contributed by atoms with Crippen LogP contribution < -0.4 is 4.90 Å². The monoisotopic (exact) mass is 476 g/mol. The van der Waals surface area contributed by atoms with Crippen LogP contribution in [0.25, 0.3) is 11.3 Å². The van der Waals surface area contributed by atoms with E-state index in [9.17, 15) is 0 Å². The predicted octanol–water partition coefficient (Wildman–Crippen LogP) is 3.93. The molecule has 0 unspecified atom stereocenters. The van der Waals surface area contributed by atoms with E-state index >= 15 is 0 Å². The molecular formula is C27H36N6O2. The molecule has 2 aliphatic rings. The normalized spacial score (nSPS) is 20.2. The van der Waals surface area contributed by atoms with Gasteiger partial charge in [0.15, 0.2) is 6.29 Å². The van der Waals surface area contributed by atoms with Crippen LogP contribution in [0.15, 0.2) is 48.8 Å². The second-order valence-corrected chi connectivity index (χ2v) is 10.5. The number of nitrogens with zero attached hydrogens (tertiary/aromatic N) is 6. The Labute approximate surface area is 207 Å². The third kappa shape index (κ3) is 5.55. The fraction of sp³-hybridized carbons (Fsp3) is 0.519. The molecule has 0 bridgehead atoms. The van der Waals surface area contributed by atoms with E-state index in [-0.39, 0.29) is 11.7 Å². The van der Waals surface area contributed by atoms with E-state index in [2.05, 4.69) is 83.1 Å². The summed E-state index contributed by atoms with van der Waals surface area (Å²) in [4.78, 5) is 9.52. The Morgan fingerprint density at radius 2 is 1.83 bits per heavy atom. The second-order valence-electron chi connectivity index (χ2n) is 10.5. The van der Waals surface area contributed by atoms with Gasteiger partial charge in [0.1, 0.15) is 5.69 Å². The molecule has 0 radical (unpaired) electrons. The van der Waals surface area contributed by atoms with Crippen molar-refractivity contribution in [2.45, 2.75) is 46.6 Å². The molecule has 186 valence electrons. The highest BCUT2D eigenvalue weighted by Gasteiger charge is 2.29. The first-order valence-electron chi connectivity index (χ1n) is 12.5. The lowest BCUT2D eigenvalue weighted by Gasteiger charge is -2.39. The number of aryl methyl sites for hydroxylation is 1. The number of hydrogen-bond acceptors (Lipinski definition) is 7. The molecule has 2 fully saturated rings. The average Bonchev–Trinajstić information content (AvgIpc) is 3.33. The molecule has 3 aromatic rings. The fourth-order valence-corrected chi connectivity index (χ4v) is 4.81. The van der Waals surface area contributed by atoms with Crippen LogP contribution in [0.2, 0.25) is 0 Å². The summed E-state index contributed by atoms with van der Waals surface area (Å²) in [7, 11) is 0. The summed E-state index contributed by atoms with van der Waals surface area (Å²) in [6.45, 7) is 14.7. The van der Waals surface area contributed by atoms with Gasteiger partial charge in [-0.1, -0.05) is 31.2 Å². The SMILES string of the molecule is Cc1cc(N2CCN([C@H](C)c3ccccn3)CC2)ccc1-c1cn(CC2OCC(C)(C)CO2)nn1. The van der Waals surface area contributed by atoms with Crippen molar-refractivity contribution in [3.8, 4) is 11.3 Å². The van der Waals surface area contributed by atoms with Gasteiger partial charge in [-0.2, -0.15) is 0 Å². The van der Waals surface area contributed by atoms with Crippen LogP contribution in [0.4, 0.5) is 5.69 Å². The Kier molecular flexibility index (Phi) is 6.86. The topological polar surface area (TPSA) is 68.5 Å². The second kappa shape index (κ2) is 10.0. The minimum absolute atomic E-state index is 0.0624. The fourth-order valence-electron chi connectivity index (χ4n) is 4.81. The van der Waals surface area contributed by atoms with Crippen LogP contribution in [0.1, 0.15) is 38.1 Å². The van der Waals surface area contributed by atoms with E-state index in [0.717, 1.165) is 43.1 Å². The van der Waals surface area contributed by atoms with Gasteiger partial charge in [0.25, 0.3) is 0 Å². The number of rotatable bonds is 6. The molecule has 0 spiro atoms. The largest absolute Gasteiger partial charge is 0.369 e. The molecule has 8 heteroatoms. The first-order chi connectivity index (χ1) is 16.9. The molecule has 4 heterocycles. The number of ether oxygens (including phenoxy) is 2. The lowest BCUT2D eigenvalue weighted by atomic mass is 9.96. The van der Waals surface area contributed by atoms with Gasteiger partial charge in [-0.15, -0.1) is 5.10 Å². The van der Waals surface area contributed by atoms with Gasteiger partial charge < -0.3 is 14.4 Å². The maximum Gasteiger partial charge on any atom is 0.177 e. The van der Waals surface area contributed by atoms with Crippen molar-refractivity contribution in [3.05, 3.63) is 60.0 Å². The van der Waals surface area contributed by atoms with Crippen molar-refractivity contribution >= 4 is 5.69 Å². The number of piperazine rings is 1. The molecule has 1 aromatic carbocycles. The summed E-state index contributed by atoms with van der Waals surface area (Å²) >= 11 is 0. The van der Waals surface area contributed by atoms with Gasteiger partial charge in [0.05, 0.1) is 31.6 Å². The summed E-state index contributed by atoms with van der Waals surface area (Å²) in [5.41, 5.74) is 5.64. The van der Waals surface area contributed by atoms with E-state index in [4.69, 9.17) is 9.47 Å². The van der Waals surface area contributed by atoms with Crippen molar-refractivity contribution < 1.29 is 9.47 Å². The zero-order valence-electron chi connectivity index (χ0n) is 21.2. The molecular weight excluding hydrogens is 440 g/mol. The Hall–Kier alpha value is -2.81. The molecule has 2 saturated heterocycles. The highest BCUT2D eigenvalue weighted by molar-refractivity contribution is 5.67. The first kappa shape index (κ1) is 23.9. The Morgan fingerprint density at radius 1 is 1.06 bits per heavy atom. The van der Waals surface area contributed by atoms with Crippen molar-refractivity contribution in [2.24, 2.45) is 5.41 Å². The van der Waals surface area contributed by atoms with Crippen LogP contribution >= 0.6 is 0 Å². The summed E-state index contributed by atoms with van der Waals surface area (Å²) in [6, 6.07) is 13.1. The predicted molar refractivity (Wildman–Crippen MR) is 136 cm³/mol. The molecule has 0 saturated carbocycles. The van der Waals surface area contributed by atoms with E-state index in [1.54, 1.807) is 0 Å². The molecule has 8 nitrogen and oxygen atoms in total. The van der Waals surface area contributed by atoms with Gasteiger partial charge in [-0.3, -0.25) is 9.88 Å². The number of aromatic nitrogens is 4. The number of hydrogen-bond donors (Lipinski definition) is 0. The zero-order chi connectivity index (χ0) is 24.4.